The molecule has 2 rings (SSSR count). The number of benzene rings is 2. The Bertz CT molecular complexity index is 627. The van der Waals surface area contributed by atoms with Gasteiger partial charge in [-0.1, -0.05) is 22.0 Å². The van der Waals surface area contributed by atoms with E-state index in [0.29, 0.717) is 12.2 Å². The molecule has 0 aliphatic rings. The molecule has 0 heterocycles. The van der Waals surface area contributed by atoms with Crippen LogP contribution in [0.15, 0.2) is 34.8 Å². The molecule has 2 aromatic carbocycles. The zero-order valence-corrected chi connectivity index (χ0v) is 12.9. The van der Waals surface area contributed by atoms with Crippen LogP contribution in [0.25, 0.3) is 0 Å². The van der Waals surface area contributed by atoms with Gasteiger partial charge in [0.25, 0.3) is 0 Å². The maximum absolute atomic E-state index is 13.3. The van der Waals surface area contributed by atoms with Crippen molar-refractivity contribution in [1.29, 1.82) is 0 Å². The highest BCUT2D eigenvalue weighted by Gasteiger charge is 2.10. The Balaban J connectivity index is 2.19. The molecule has 6 heteroatoms. The lowest BCUT2D eigenvalue weighted by atomic mass is 10.1. The van der Waals surface area contributed by atoms with E-state index in [0.717, 1.165) is 27.9 Å². The second-order valence-electron chi connectivity index (χ2n) is 4.46. The van der Waals surface area contributed by atoms with Gasteiger partial charge in [-0.25, -0.2) is 8.78 Å². The minimum atomic E-state index is -0.974. The molecule has 0 saturated heterocycles. The van der Waals surface area contributed by atoms with E-state index in [9.17, 15) is 8.78 Å². The van der Waals surface area contributed by atoms with Gasteiger partial charge in [-0.15, -0.1) is 0 Å². The normalized spacial score (nSPS) is 10.7. The van der Waals surface area contributed by atoms with E-state index in [1.54, 1.807) is 7.11 Å². The van der Waals surface area contributed by atoms with Crippen LogP contribution in [0.4, 0.5) is 14.5 Å². The first-order valence-corrected chi connectivity index (χ1v) is 6.99. The fraction of sp³-hybridized carbons (Fsp3) is 0.200. The van der Waals surface area contributed by atoms with Crippen molar-refractivity contribution in [2.45, 2.75) is 13.2 Å². The minimum Gasteiger partial charge on any atom is -0.503 e. The Hall–Kier alpha value is -1.66. The summed E-state index contributed by atoms with van der Waals surface area (Å²) in [5.74, 6) is -2.91. The van der Waals surface area contributed by atoms with Crippen molar-refractivity contribution in [1.82, 2.24) is 0 Å². The molecular formula is C15H14BrF2NO2. The summed E-state index contributed by atoms with van der Waals surface area (Å²) >= 11 is 3.43. The number of hydrogen-bond donors (Lipinski definition) is 2. The number of aromatic hydroxyl groups is 1. The van der Waals surface area contributed by atoms with Crippen molar-refractivity contribution >= 4 is 21.6 Å². The van der Waals surface area contributed by atoms with E-state index in [1.165, 1.54) is 0 Å². The Morgan fingerprint density at radius 3 is 2.52 bits per heavy atom. The number of halogens is 3. The van der Waals surface area contributed by atoms with Crippen molar-refractivity contribution in [3.63, 3.8) is 0 Å². The second kappa shape index (κ2) is 6.87. The highest BCUT2D eigenvalue weighted by Crippen LogP contribution is 2.27. The quantitative estimate of drug-likeness (QED) is 0.842. The van der Waals surface area contributed by atoms with Crippen LogP contribution in [0.5, 0.6) is 5.75 Å². The summed E-state index contributed by atoms with van der Waals surface area (Å²) in [6.45, 7) is 0.628. The molecular weight excluding hydrogens is 344 g/mol. The van der Waals surface area contributed by atoms with Crippen LogP contribution in [-0.4, -0.2) is 12.2 Å². The molecule has 0 spiro atoms. The molecule has 0 radical (unpaired) electrons. The van der Waals surface area contributed by atoms with Gasteiger partial charge >= 0.3 is 0 Å². The number of ether oxygens (including phenoxy) is 1. The Kier molecular flexibility index (Phi) is 5.14. The number of phenols is 1. The van der Waals surface area contributed by atoms with Gasteiger partial charge in [0.2, 0.25) is 0 Å². The summed E-state index contributed by atoms with van der Waals surface area (Å²) in [4.78, 5) is 0. The van der Waals surface area contributed by atoms with Gasteiger partial charge in [-0.05, 0) is 29.8 Å². The third-order valence-electron chi connectivity index (χ3n) is 2.97. The third kappa shape index (κ3) is 3.71. The molecule has 2 N–H and O–H groups in total. The van der Waals surface area contributed by atoms with Gasteiger partial charge in [0, 0.05) is 29.4 Å². The third-order valence-corrected chi connectivity index (χ3v) is 3.71. The summed E-state index contributed by atoms with van der Waals surface area (Å²) in [6, 6.07) is 7.79. The second-order valence-corrected chi connectivity index (χ2v) is 5.31. The van der Waals surface area contributed by atoms with Gasteiger partial charge in [0.05, 0.1) is 6.61 Å². The largest absolute Gasteiger partial charge is 0.503 e. The first-order valence-electron chi connectivity index (χ1n) is 6.20. The summed E-state index contributed by atoms with van der Waals surface area (Å²) in [5, 5.41) is 12.2. The summed E-state index contributed by atoms with van der Waals surface area (Å²) in [6.07, 6.45) is 0. The fourth-order valence-electron chi connectivity index (χ4n) is 1.93. The number of methoxy groups -OCH3 is 1. The predicted octanol–water partition coefficient (Wildman–Crippen LogP) is 4.19. The van der Waals surface area contributed by atoms with Gasteiger partial charge in [-0.2, -0.15) is 0 Å². The van der Waals surface area contributed by atoms with Gasteiger partial charge < -0.3 is 15.2 Å². The van der Waals surface area contributed by atoms with Crippen LogP contribution in [0, 0.1) is 11.6 Å². The van der Waals surface area contributed by atoms with Crippen molar-refractivity contribution in [3.8, 4) is 5.75 Å². The van der Waals surface area contributed by atoms with Gasteiger partial charge in [0.15, 0.2) is 17.4 Å². The smallest absolute Gasteiger partial charge is 0.187 e. The van der Waals surface area contributed by atoms with Gasteiger partial charge in [0.1, 0.15) is 0 Å². The predicted molar refractivity (Wildman–Crippen MR) is 80.2 cm³/mol. The van der Waals surface area contributed by atoms with Crippen molar-refractivity contribution in [2.24, 2.45) is 0 Å². The number of rotatable bonds is 5. The zero-order chi connectivity index (χ0) is 15.4. The van der Waals surface area contributed by atoms with E-state index in [-0.39, 0.29) is 6.54 Å². The first-order chi connectivity index (χ1) is 10.0. The fourth-order valence-corrected chi connectivity index (χ4v) is 2.41. The SMILES string of the molecule is COCc1c(Br)cccc1NCc1cc(F)c(O)c(F)c1. The average molecular weight is 358 g/mol. The number of nitrogens with one attached hydrogen (secondary N) is 1. The Labute approximate surface area is 129 Å². The van der Waals surface area contributed by atoms with E-state index in [1.807, 2.05) is 18.2 Å². The molecule has 0 atom stereocenters. The van der Waals surface area contributed by atoms with Crippen LogP contribution in [0.2, 0.25) is 0 Å². The molecule has 0 aliphatic heterocycles. The molecule has 2 aromatic rings. The lowest BCUT2D eigenvalue weighted by molar-refractivity contribution is 0.185. The van der Waals surface area contributed by atoms with Crippen molar-refractivity contribution < 1.29 is 18.6 Å². The lowest BCUT2D eigenvalue weighted by Gasteiger charge is -2.13. The average Bonchev–Trinajstić information content (AvgIpc) is 2.45. The molecule has 21 heavy (non-hydrogen) atoms. The van der Waals surface area contributed by atoms with E-state index < -0.39 is 17.4 Å². The highest BCUT2D eigenvalue weighted by atomic mass is 79.9. The zero-order valence-electron chi connectivity index (χ0n) is 11.3. The number of phenolic OH excluding ortho intramolecular Hbond substituents is 1. The van der Waals surface area contributed by atoms with Gasteiger partial charge in [-0.3, -0.25) is 0 Å². The monoisotopic (exact) mass is 357 g/mol. The van der Waals surface area contributed by atoms with Crippen LogP contribution in [-0.2, 0) is 17.9 Å². The molecule has 0 amide bonds. The molecule has 0 saturated carbocycles. The lowest BCUT2D eigenvalue weighted by Crippen LogP contribution is -2.04. The van der Waals surface area contributed by atoms with Crippen molar-refractivity contribution in [3.05, 3.63) is 57.6 Å². The first kappa shape index (κ1) is 15.7. The van der Waals surface area contributed by atoms with E-state index in [2.05, 4.69) is 21.2 Å². The van der Waals surface area contributed by atoms with Crippen LogP contribution in [0.1, 0.15) is 11.1 Å². The minimum absolute atomic E-state index is 0.223. The molecule has 0 aliphatic carbocycles. The highest BCUT2D eigenvalue weighted by molar-refractivity contribution is 9.10. The Morgan fingerprint density at radius 1 is 1.24 bits per heavy atom. The Morgan fingerprint density at radius 2 is 1.90 bits per heavy atom. The molecule has 0 aromatic heterocycles. The van der Waals surface area contributed by atoms with Crippen molar-refractivity contribution in [2.75, 3.05) is 12.4 Å². The van der Waals surface area contributed by atoms with Crippen LogP contribution in [0.3, 0.4) is 0 Å². The molecule has 112 valence electrons. The van der Waals surface area contributed by atoms with Crippen LogP contribution >= 0.6 is 15.9 Å². The van der Waals surface area contributed by atoms with Crippen LogP contribution < -0.4 is 5.32 Å². The summed E-state index contributed by atoms with van der Waals surface area (Å²) in [5.41, 5.74) is 2.12. The summed E-state index contributed by atoms with van der Waals surface area (Å²) in [7, 11) is 1.59. The standard InChI is InChI=1S/C15H14BrF2NO2/c1-21-8-10-11(16)3-2-4-14(10)19-7-9-5-12(17)15(20)13(18)6-9/h2-6,19-20H,7-8H2,1H3. The molecule has 0 unspecified atom stereocenters. The number of anilines is 1. The summed E-state index contributed by atoms with van der Waals surface area (Å²) < 4.78 is 32.6. The maximum Gasteiger partial charge on any atom is 0.187 e. The van der Waals surface area contributed by atoms with E-state index in [4.69, 9.17) is 9.84 Å². The molecule has 0 bridgehead atoms. The van der Waals surface area contributed by atoms with E-state index >= 15 is 0 Å². The molecule has 3 nitrogen and oxygen atoms in total. The topological polar surface area (TPSA) is 41.5 Å². The maximum atomic E-state index is 13.3. The number of hydrogen-bond acceptors (Lipinski definition) is 3. The molecule has 0 fully saturated rings.